The fourth-order valence-electron chi connectivity index (χ4n) is 1.39. The van der Waals surface area contributed by atoms with Crippen molar-refractivity contribution >= 4 is 12.1 Å². The molecular formula is C13H24FNO5. The van der Waals surface area contributed by atoms with Gasteiger partial charge < -0.3 is 14.2 Å². The first-order chi connectivity index (χ1) is 9.19. The Kier molecular flexibility index (Phi) is 8.33. The van der Waals surface area contributed by atoms with E-state index >= 15 is 0 Å². The molecular weight excluding hydrogens is 269 g/mol. The van der Waals surface area contributed by atoms with Crippen LogP contribution in [0.1, 0.15) is 34.6 Å². The number of halogens is 1. The lowest BCUT2D eigenvalue weighted by atomic mass is 10.2. The van der Waals surface area contributed by atoms with Gasteiger partial charge in [0.2, 0.25) is 0 Å². The lowest BCUT2D eigenvalue weighted by Gasteiger charge is -2.28. The zero-order valence-electron chi connectivity index (χ0n) is 12.8. The summed E-state index contributed by atoms with van der Waals surface area (Å²) in [6.07, 6.45) is -1.51. The van der Waals surface area contributed by atoms with Gasteiger partial charge in [0, 0.05) is 13.2 Å². The monoisotopic (exact) mass is 293 g/mol. The van der Waals surface area contributed by atoms with Crippen molar-refractivity contribution in [3.05, 3.63) is 0 Å². The number of amides is 1. The molecule has 0 heterocycles. The molecule has 0 fully saturated rings. The zero-order valence-corrected chi connectivity index (χ0v) is 12.8. The van der Waals surface area contributed by atoms with Crippen molar-refractivity contribution < 1.29 is 28.2 Å². The van der Waals surface area contributed by atoms with E-state index < -0.39 is 30.6 Å². The number of carbonyl (C=O) groups excluding carboxylic acids is 2. The minimum Gasteiger partial charge on any atom is -0.444 e. The standard InChI is InChI=1S/C13H24FNO5/c1-6-18-11(19-7-2)9-15(8-10(14)16)12(17)20-13(3,4)5/h11H,6-9H2,1-5H3. The number of hydrogen-bond acceptors (Lipinski definition) is 5. The maximum absolute atomic E-state index is 12.6. The SMILES string of the molecule is CCOC(CN(CC(=O)F)C(=O)OC(C)(C)C)OCC. The summed E-state index contributed by atoms with van der Waals surface area (Å²) >= 11 is 0. The molecule has 0 aliphatic carbocycles. The molecule has 6 nitrogen and oxygen atoms in total. The molecule has 0 aromatic carbocycles. The number of nitrogens with zero attached hydrogens (tertiary/aromatic N) is 1. The lowest BCUT2D eigenvalue weighted by Crippen LogP contribution is -2.44. The Labute approximate surface area is 119 Å². The molecule has 0 saturated heterocycles. The predicted octanol–water partition coefficient (Wildman–Crippen LogP) is 2.12. The van der Waals surface area contributed by atoms with Gasteiger partial charge in [-0.05, 0) is 34.6 Å². The van der Waals surface area contributed by atoms with Gasteiger partial charge in [-0.3, -0.25) is 9.69 Å². The van der Waals surface area contributed by atoms with Gasteiger partial charge >= 0.3 is 12.1 Å². The molecule has 0 aromatic rings. The molecule has 0 spiro atoms. The topological polar surface area (TPSA) is 65.1 Å². The Balaban J connectivity index is 4.76. The molecule has 0 aliphatic heterocycles. The van der Waals surface area contributed by atoms with Crippen LogP contribution in [0.15, 0.2) is 0 Å². The van der Waals surface area contributed by atoms with Crippen LogP contribution in [0, 0.1) is 0 Å². The first-order valence-corrected chi connectivity index (χ1v) is 6.59. The minimum atomic E-state index is -1.62. The molecule has 0 aliphatic rings. The molecule has 0 rings (SSSR count). The van der Waals surface area contributed by atoms with E-state index in [9.17, 15) is 14.0 Å². The Morgan fingerprint density at radius 3 is 2.00 bits per heavy atom. The summed E-state index contributed by atoms with van der Waals surface area (Å²) in [5.41, 5.74) is -0.735. The highest BCUT2D eigenvalue weighted by Gasteiger charge is 2.26. The first-order valence-electron chi connectivity index (χ1n) is 6.59. The number of hydrogen-bond donors (Lipinski definition) is 0. The second kappa shape index (κ2) is 8.86. The molecule has 20 heavy (non-hydrogen) atoms. The summed E-state index contributed by atoms with van der Waals surface area (Å²) in [4.78, 5) is 23.5. The van der Waals surface area contributed by atoms with Crippen molar-refractivity contribution in [2.75, 3.05) is 26.3 Å². The van der Waals surface area contributed by atoms with Gasteiger partial charge in [-0.2, -0.15) is 4.39 Å². The zero-order chi connectivity index (χ0) is 15.8. The van der Waals surface area contributed by atoms with E-state index in [-0.39, 0.29) is 6.54 Å². The van der Waals surface area contributed by atoms with E-state index in [1.165, 1.54) is 0 Å². The van der Waals surface area contributed by atoms with Crippen LogP contribution in [-0.4, -0.2) is 55.2 Å². The molecule has 0 saturated carbocycles. The quantitative estimate of drug-likeness (QED) is 0.506. The number of rotatable bonds is 8. The average molecular weight is 293 g/mol. The van der Waals surface area contributed by atoms with Gasteiger partial charge in [-0.15, -0.1) is 0 Å². The van der Waals surface area contributed by atoms with E-state index in [0.717, 1.165) is 4.90 Å². The summed E-state index contributed by atoms with van der Waals surface area (Å²) in [6, 6.07) is -1.62. The smallest absolute Gasteiger partial charge is 0.410 e. The second-order valence-electron chi connectivity index (χ2n) is 5.06. The highest BCUT2D eigenvalue weighted by atomic mass is 19.1. The van der Waals surface area contributed by atoms with E-state index in [1.54, 1.807) is 34.6 Å². The fraction of sp³-hybridized carbons (Fsp3) is 0.846. The third-order valence-corrected chi connectivity index (χ3v) is 2.04. The van der Waals surface area contributed by atoms with Crippen LogP contribution in [0.25, 0.3) is 0 Å². The van der Waals surface area contributed by atoms with Crippen molar-refractivity contribution in [3.63, 3.8) is 0 Å². The molecule has 1 amide bonds. The summed E-state index contributed by atoms with van der Waals surface area (Å²) < 4.78 is 28.3. The normalized spacial score (nSPS) is 11.6. The first kappa shape index (κ1) is 18.8. The van der Waals surface area contributed by atoms with Crippen LogP contribution in [0.5, 0.6) is 0 Å². The van der Waals surface area contributed by atoms with Gasteiger partial charge in [-0.25, -0.2) is 4.79 Å². The van der Waals surface area contributed by atoms with Crippen molar-refractivity contribution in [3.8, 4) is 0 Å². The van der Waals surface area contributed by atoms with Crippen molar-refractivity contribution in [2.45, 2.75) is 46.5 Å². The predicted molar refractivity (Wildman–Crippen MR) is 71.0 cm³/mol. The summed E-state index contributed by atoms with van der Waals surface area (Å²) in [5.74, 6) is 0. The molecule has 0 atom stereocenters. The van der Waals surface area contributed by atoms with Crippen LogP contribution in [-0.2, 0) is 19.0 Å². The molecule has 0 aromatic heterocycles. The van der Waals surface area contributed by atoms with E-state index in [4.69, 9.17) is 14.2 Å². The van der Waals surface area contributed by atoms with E-state index in [0.29, 0.717) is 13.2 Å². The summed E-state index contributed by atoms with van der Waals surface area (Å²) in [7, 11) is 0. The highest BCUT2D eigenvalue weighted by Crippen LogP contribution is 2.11. The molecule has 118 valence electrons. The van der Waals surface area contributed by atoms with Crippen LogP contribution in [0.3, 0.4) is 0 Å². The van der Waals surface area contributed by atoms with Crippen molar-refractivity contribution in [1.82, 2.24) is 4.90 Å². The van der Waals surface area contributed by atoms with Gasteiger partial charge in [0.15, 0.2) is 6.29 Å². The summed E-state index contributed by atoms with van der Waals surface area (Å²) in [5, 5.41) is 0. The molecule has 7 heteroatoms. The van der Waals surface area contributed by atoms with Crippen LogP contribution >= 0.6 is 0 Å². The maximum Gasteiger partial charge on any atom is 0.410 e. The second-order valence-corrected chi connectivity index (χ2v) is 5.06. The third kappa shape index (κ3) is 8.82. The van der Waals surface area contributed by atoms with Crippen LogP contribution in [0.2, 0.25) is 0 Å². The van der Waals surface area contributed by atoms with E-state index in [2.05, 4.69) is 0 Å². The molecule has 0 N–H and O–H groups in total. The van der Waals surface area contributed by atoms with Crippen LogP contribution in [0.4, 0.5) is 9.18 Å². The Morgan fingerprint density at radius 1 is 1.15 bits per heavy atom. The highest BCUT2D eigenvalue weighted by molar-refractivity contribution is 5.77. The van der Waals surface area contributed by atoms with Crippen molar-refractivity contribution in [2.24, 2.45) is 0 Å². The minimum absolute atomic E-state index is 0.0771. The van der Waals surface area contributed by atoms with Gasteiger partial charge in [-0.1, -0.05) is 0 Å². The fourth-order valence-corrected chi connectivity index (χ4v) is 1.39. The molecule has 0 unspecified atom stereocenters. The average Bonchev–Trinajstić information content (AvgIpc) is 2.25. The Morgan fingerprint density at radius 2 is 1.65 bits per heavy atom. The number of ether oxygens (including phenoxy) is 3. The van der Waals surface area contributed by atoms with E-state index in [1.807, 2.05) is 0 Å². The Bertz CT molecular complexity index is 310. The lowest BCUT2D eigenvalue weighted by molar-refractivity contribution is -0.149. The van der Waals surface area contributed by atoms with Crippen molar-refractivity contribution in [1.29, 1.82) is 0 Å². The molecule has 0 bridgehead atoms. The largest absolute Gasteiger partial charge is 0.444 e. The van der Waals surface area contributed by atoms with Crippen LogP contribution < -0.4 is 0 Å². The summed E-state index contributed by atoms with van der Waals surface area (Å²) in [6.45, 7) is 8.56. The van der Waals surface area contributed by atoms with Gasteiger partial charge in [0.05, 0.1) is 6.54 Å². The number of carbonyl (C=O) groups is 2. The molecule has 0 radical (unpaired) electrons. The Hall–Kier alpha value is -1.21. The van der Waals surface area contributed by atoms with Gasteiger partial charge in [0.25, 0.3) is 0 Å². The maximum atomic E-state index is 12.6. The third-order valence-electron chi connectivity index (χ3n) is 2.04. The van der Waals surface area contributed by atoms with Gasteiger partial charge in [0.1, 0.15) is 12.1 Å².